The van der Waals surface area contributed by atoms with Crippen LogP contribution in [0.3, 0.4) is 0 Å². The fourth-order valence-electron chi connectivity index (χ4n) is 3.41. The van der Waals surface area contributed by atoms with Gasteiger partial charge in [-0.1, -0.05) is 90.5 Å². The summed E-state index contributed by atoms with van der Waals surface area (Å²) in [5.74, 6) is -0.327. The lowest BCUT2D eigenvalue weighted by atomic mass is 9.98. The van der Waals surface area contributed by atoms with Crippen molar-refractivity contribution in [3.05, 3.63) is 131 Å². The molecule has 0 aromatic heterocycles. The van der Waals surface area contributed by atoms with E-state index in [1.165, 1.54) is 30.3 Å². The van der Waals surface area contributed by atoms with E-state index in [-0.39, 0.29) is 27.6 Å². The van der Waals surface area contributed by atoms with Gasteiger partial charge in [0.2, 0.25) is 0 Å². The predicted octanol–water partition coefficient (Wildman–Crippen LogP) is 5.66. The van der Waals surface area contributed by atoms with Crippen LogP contribution in [0.5, 0.6) is 0 Å². The van der Waals surface area contributed by atoms with E-state index in [1.807, 2.05) is 60.7 Å². The Morgan fingerprint density at radius 2 is 1.24 bits per heavy atom. The second kappa shape index (κ2) is 9.90. The average Bonchev–Trinajstić information content (AvgIpc) is 2.85. The van der Waals surface area contributed by atoms with E-state index in [0.717, 1.165) is 11.1 Å². The zero-order chi connectivity index (χ0) is 23.3. The highest BCUT2D eigenvalue weighted by Gasteiger charge is 2.20. The second-order valence-electron chi connectivity index (χ2n) is 7.34. The molecule has 0 spiro atoms. The highest BCUT2D eigenvalue weighted by molar-refractivity contribution is 7.92. The van der Waals surface area contributed by atoms with E-state index in [1.54, 1.807) is 18.2 Å². The van der Waals surface area contributed by atoms with Crippen molar-refractivity contribution < 1.29 is 13.2 Å². The zero-order valence-corrected chi connectivity index (χ0v) is 19.1. The van der Waals surface area contributed by atoms with E-state index in [2.05, 4.69) is 10.0 Å². The highest BCUT2D eigenvalue weighted by atomic mass is 35.5. The first-order valence-corrected chi connectivity index (χ1v) is 12.1. The molecule has 7 heteroatoms. The SMILES string of the molecule is O=C(NC(c1ccccc1)c1ccccc1)c1ccc(NS(=O)(=O)c2ccccc2)c(Cl)c1. The van der Waals surface area contributed by atoms with Crippen LogP contribution in [0.4, 0.5) is 5.69 Å². The molecule has 0 aliphatic carbocycles. The number of nitrogens with one attached hydrogen (secondary N) is 2. The molecule has 2 N–H and O–H groups in total. The number of amides is 1. The number of hydrogen-bond acceptors (Lipinski definition) is 3. The van der Waals surface area contributed by atoms with Gasteiger partial charge >= 0.3 is 0 Å². The number of hydrogen-bond donors (Lipinski definition) is 2. The quantitative estimate of drug-likeness (QED) is 0.361. The van der Waals surface area contributed by atoms with Crippen LogP contribution >= 0.6 is 11.6 Å². The molecule has 0 aliphatic rings. The summed E-state index contributed by atoms with van der Waals surface area (Å²) in [4.78, 5) is 13.2. The summed E-state index contributed by atoms with van der Waals surface area (Å²) in [6.45, 7) is 0. The van der Waals surface area contributed by atoms with E-state index in [4.69, 9.17) is 11.6 Å². The Morgan fingerprint density at radius 1 is 0.727 bits per heavy atom. The molecule has 4 aromatic carbocycles. The van der Waals surface area contributed by atoms with Crippen molar-refractivity contribution in [3.63, 3.8) is 0 Å². The molecule has 0 atom stereocenters. The second-order valence-corrected chi connectivity index (χ2v) is 9.43. The van der Waals surface area contributed by atoms with Gasteiger partial charge in [-0.25, -0.2) is 8.42 Å². The topological polar surface area (TPSA) is 75.3 Å². The monoisotopic (exact) mass is 476 g/mol. The first-order chi connectivity index (χ1) is 15.9. The minimum Gasteiger partial charge on any atom is -0.341 e. The van der Waals surface area contributed by atoms with Crippen LogP contribution in [-0.4, -0.2) is 14.3 Å². The first-order valence-electron chi connectivity index (χ1n) is 10.2. The Morgan fingerprint density at radius 3 is 1.76 bits per heavy atom. The minimum absolute atomic E-state index is 0.122. The van der Waals surface area contributed by atoms with Crippen molar-refractivity contribution in [2.45, 2.75) is 10.9 Å². The number of sulfonamides is 1. The van der Waals surface area contributed by atoms with Crippen molar-refractivity contribution in [2.75, 3.05) is 4.72 Å². The highest BCUT2D eigenvalue weighted by Crippen LogP contribution is 2.27. The molecular formula is C26H21ClN2O3S. The normalized spacial score (nSPS) is 11.2. The lowest BCUT2D eigenvalue weighted by Gasteiger charge is -2.20. The molecule has 1 amide bonds. The molecule has 0 fully saturated rings. The maximum absolute atomic E-state index is 13.1. The Hall–Kier alpha value is -3.61. The summed E-state index contributed by atoms with van der Waals surface area (Å²) >= 11 is 6.33. The van der Waals surface area contributed by atoms with Gasteiger partial charge in [0.25, 0.3) is 15.9 Å². The Bertz CT molecular complexity index is 1310. The summed E-state index contributed by atoms with van der Waals surface area (Å²) < 4.78 is 27.6. The van der Waals surface area contributed by atoms with Gasteiger partial charge in [-0.2, -0.15) is 0 Å². The molecule has 0 bridgehead atoms. The zero-order valence-electron chi connectivity index (χ0n) is 17.5. The largest absolute Gasteiger partial charge is 0.341 e. The maximum atomic E-state index is 13.1. The predicted molar refractivity (Wildman–Crippen MR) is 131 cm³/mol. The van der Waals surface area contributed by atoms with Gasteiger partial charge in [0.1, 0.15) is 0 Å². The summed E-state index contributed by atoms with van der Waals surface area (Å²) in [6.07, 6.45) is 0. The molecular weight excluding hydrogens is 456 g/mol. The third kappa shape index (κ3) is 5.42. The molecule has 166 valence electrons. The lowest BCUT2D eigenvalue weighted by Crippen LogP contribution is -2.29. The third-order valence-corrected chi connectivity index (χ3v) is 6.76. The van der Waals surface area contributed by atoms with Crippen molar-refractivity contribution in [2.24, 2.45) is 0 Å². The smallest absolute Gasteiger partial charge is 0.261 e. The van der Waals surface area contributed by atoms with Crippen molar-refractivity contribution >= 4 is 33.2 Å². The summed E-state index contributed by atoms with van der Waals surface area (Å²) in [5, 5.41) is 3.17. The fourth-order valence-corrected chi connectivity index (χ4v) is 4.79. The summed E-state index contributed by atoms with van der Waals surface area (Å²) in [7, 11) is -3.79. The van der Waals surface area contributed by atoms with Crippen molar-refractivity contribution in [3.8, 4) is 0 Å². The average molecular weight is 477 g/mol. The van der Waals surface area contributed by atoms with Gasteiger partial charge in [-0.15, -0.1) is 0 Å². The first kappa shape index (κ1) is 22.6. The number of rotatable bonds is 7. The number of anilines is 1. The van der Waals surface area contributed by atoms with E-state index in [9.17, 15) is 13.2 Å². The third-order valence-electron chi connectivity index (χ3n) is 5.07. The molecule has 33 heavy (non-hydrogen) atoms. The van der Waals surface area contributed by atoms with Gasteiger partial charge in [-0.05, 0) is 41.5 Å². The fraction of sp³-hybridized carbons (Fsp3) is 0.0385. The van der Waals surface area contributed by atoms with E-state index >= 15 is 0 Å². The van der Waals surface area contributed by atoms with E-state index < -0.39 is 10.0 Å². The molecule has 5 nitrogen and oxygen atoms in total. The van der Waals surface area contributed by atoms with Crippen LogP contribution in [0.2, 0.25) is 5.02 Å². The minimum atomic E-state index is -3.79. The maximum Gasteiger partial charge on any atom is 0.261 e. The molecule has 0 saturated carbocycles. The summed E-state index contributed by atoms with van der Waals surface area (Å²) in [6, 6.07) is 31.4. The van der Waals surface area contributed by atoms with Crippen LogP contribution in [-0.2, 0) is 10.0 Å². The van der Waals surface area contributed by atoms with Gasteiger partial charge in [0, 0.05) is 5.56 Å². The van der Waals surface area contributed by atoms with Crippen molar-refractivity contribution in [1.29, 1.82) is 0 Å². The van der Waals surface area contributed by atoms with Gasteiger partial charge in [0.05, 0.1) is 21.6 Å². The molecule has 0 aliphatic heterocycles. The Kier molecular flexibility index (Phi) is 6.77. The molecule has 0 radical (unpaired) electrons. The summed E-state index contributed by atoms with van der Waals surface area (Å²) in [5.41, 5.74) is 2.39. The molecule has 0 unspecified atom stereocenters. The van der Waals surface area contributed by atoms with Gasteiger partial charge < -0.3 is 5.32 Å². The van der Waals surface area contributed by atoms with Crippen LogP contribution in [0, 0.1) is 0 Å². The van der Waals surface area contributed by atoms with Crippen LogP contribution in [0.25, 0.3) is 0 Å². The molecule has 4 rings (SSSR count). The molecule has 0 saturated heterocycles. The number of carbonyl (C=O) groups excluding carboxylic acids is 1. The standard InChI is InChI=1S/C26H21ClN2O3S/c27-23-18-21(16-17-24(23)29-33(31,32)22-14-8-3-9-15-22)26(30)28-25(19-10-4-1-5-11-19)20-12-6-2-7-13-20/h1-18,25,29H,(H,28,30). The number of halogens is 1. The van der Waals surface area contributed by atoms with Crippen LogP contribution in [0.15, 0.2) is 114 Å². The van der Waals surface area contributed by atoms with Crippen LogP contribution in [0.1, 0.15) is 27.5 Å². The van der Waals surface area contributed by atoms with E-state index in [0.29, 0.717) is 5.56 Å². The van der Waals surface area contributed by atoms with Gasteiger partial charge in [0.15, 0.2) is 0 Å². The number of carbonyl (C=O) groups is 1. The molecule has 0 heterocycles. The van der Waals surface area contributed by atoms with Crippen LogP contribution < -0.4 is 10.0 Å². The molecule has 4 aromatic rings. The lowest BCUT2D eigenvalue weighted by molar-refractivity contribution is 0.0943. The van der Waals surface area contributed by atoms with Crippen molar-refractivity contribution in [1.82, 2.24) is 5.32 Å². The Balaban J connectivity index is 1.56. The van der Waals surface area contributed by atoms with Gasteiger partial charge in [-0.3, -0.25) is 9.52 Å². The number of benzene rings is 4. The Labute approximate surface area is 198 Å².